The maximum Gasteiger partial charge on any atom is 0.313 e. The van der Waals surface area contributed by atoms with Crippen LogP contribution in [-0.2, 0) is 23.9 Å². The Labute approximate surface area is 200 Å². The summed E-state index contributed by atoms with van der Waals surface area (Å²) in [4.78, 5) is 41.7. The smallest absolute Gasteiger partial charge is 0.313 e. The highest BCUT2D eigenvalue weighted by Crippen LogP contribution is 2.53. The summed E-state index contributed by atoms with van der Waals surface area (Å²) >= 11 is 0. The summed E-state index contributed by atoms with van der Waals surface area (Å²) in [5.74, 6) is -2.50. The van der Waals surface area contributed by atoms with Crippen LogP contribution < -0.4 is 10.2 Å². The van der Waals surface area contributed by atoms with Crippen LogP contribution in [-0.4, -0.2) is 48.2 Å². The van der Waals surface area contributed by atoms with E-state index >= 15 is 0 Å². The van der Waals surface area contributed by atoms with E-state index in [0.29, 0.717) is 6.54 Å². The maximum atomic E-state index is 13.6. The number of nitrogens with one attached hydrogen (secondary N) is 1. The molecule has 1 aromatic rings. The Bertz CT molecular complexity index is 1020. The summed E-state index contributed by atoms with van der Waals surface area (Å²) in [7, 11) is 0. The van der Waals surface area contributed by atoms with Crippen molar-refractivity contribution in [1.29, 1.82) is 0 Å². The summed E-state index contributed by atoms with van der Waals surface area (Å²) in [5, 5.41) is 3.05. The van der Waals surface area contributed by atoms with Crippen LogP contribution in [0.2, 0.25) is 0 Å². The lowest BCUT2D eigenvalue weighted by atomic mass is 9.77. The van der Waals surface area contributed by atoms with Crippen molar-refractivity contribution in [2.75, 3.05) is 11.4 Å². The maximum absolute atomic E-state index is 13.6. The molecule has 1 aromatic carbocycles. The Morgan fingerprint density at radius 1 is 1.15 bits per heavy atom. The number of aryl methyl sites for hydroxylation is 2. The van der Waals surface area contributed by atoms with E-state index in [0.717, 1.165) is 42.5 Å². The Hall–Kier alpha value is -2.67. The molecule has 5 rings (SSSR count). The highest BCUT2D eigenvalue weighted by Gasteiger charge is 2.67. The average molecular weight is 467 g/mol. The molecule has 2 bridgehead atoms. The van der Waals surface area contributed by atoms with Crippen molar-refractivity contribution in [3.05, 3.63) is 41.5 Å². The number of carbonyl (C=O) groups excluding carboxylic acids is 3. The second kappa shape index (κ2) is 8.52. The minimum Gasteiger partial charge on any atom is -0.452 e. The Kier molecular flexibility index (Phi) is 5.79. The molecule has 1 aliphatic carbocycles. The molecule has 182 valence electrons. The lowest BCUT2D eigenvalue weighted by Gasteiger charge is -2.27. The Morgan fingerprint density at radius 2 is 1.82 bits per heavy atom. The van der Waals surface area contributed by atoms with Crippen molar-refractivity contribution in [2.45, 2.75) is 77.2 Å². The van der Waals surface area contributed by atoms with Gasteiger partial charge in [0.15, 0.2) is 6.10 Å². The zero-order valence-electron chi connectivity index (χ0n) is 20.4. The molecule has 7 heteroatoms. The van der Waals surface area contributed by atoms with Gasteiger partial charge in [-0.05, 0) is 55.9 Å². The second-order valence-electron chi connectivity index (χ2n) is 10.8. The Balaban J connectivity index is 1.35. The first kappa shape index (κ1) is 23.1. The van der Waals surface area contributed by atoms with Crippen LogP contribution in [0.25, 0.3) is 0 Å². The predicted molar refractivity (Wildman–Crippen MR) is 127 cm³/mol. The van der Waals surface area contributed by atoms with Crippen molar-refractivity contribution in [2.24, 2.45) is 17.8 Å². The van der Waals surface area contributed by atoms with Gasteiger partial charge in [0, 0.05) is 11.7 Å². The van der Waals surface area contributed by atoms with E-state index in [1.54, 1.807) is 4.90 Å². The molecule has 1 N–H and O–H groups in total. The van der Waals surface area contributed by atoms with Gasteiger partial charge in [-0.25, -0.2) is 0 Å². The van der Waals surface area contributed by atoms with E-state index in [9.17, 15) is 14.4 Å². The van der Waals surface area contributed by atoms with Crippen molar-refractivity contribution in [3.63, 3.8) is 0 Å². The van der Waals surface area contributed by atoms with Crippen LogP contribution >= 0.6 is 0 Å². The molecule has 4 aliphatic rings. The molecule has 3 heterocycles. The fourth-order valence-corrected chi connectivity index (χ4v) is 6.14. The van der Waals surface area contributed by atoms with Gasteiger partial charge >= 0.3 is 5.97 Å². The van der Waals surface area contributed by atoms with Crippen LogP contribution in [0.1, 0.15) is 50.7 Å². The first-order valence-electron chi connectivity index (χ1n) is 12.5. The lowest BCUT2D eigenvalue weighted by molar-refractivity contribution is -0.165. The number of hydrogen-bond acceptors (Lipinski definition) is 5. The van der Waals surface area contributed by atoms with Crippen LogP contribution in [0.4, 0.5) is 5.69 Å². The third kappa shape index (κ3) is 3.84. The topological polar surface area (TPSA) is 84.9 Å². The van der Waals surface area contributed by atoms with Gasteiger partial charge in [0.05, 0.1) is 18.6 Å². The van der Waals surface area contributed by atoms with Crippen LogP contribution in [0, 0.1) is 31.6 Å². The fraction of sp³-hybridized carbons (Fsp3) is 0.593. The van der Waals surface area contributed by atoms with Crippen LogP contribution in [0.3, 0.4) is 0 Å². The molecule has 0 radical (unpaired) electrons. The zero-order valence-corrected chi connectivity index (χ0v) is 20.4. The van der Waals surface area contributed by atoms with Gasteiger partial charge in [-0.15, -0.1) is 0 Å². The molecule has 0 aromatic heterocycles. The molecule has 7 nitrogen and oxygen atoms in total. The summed E-state index contributed by atoms with van der Waals surface area (Å²) in [5.41, 5.74) is 2.13. The van der Waals surface area contributed by atoms with Gasteiger partial charge < -0.3 is 19.7 Å². The molecular weight excluding hydrogens is 432 g/mol. The number of fused-ring (bicyclic) bond motifs is 1. The molecule has 1 spiro atoms. The highest BCUT2D eigenvalue weighted by atomic mass is 16.6. The largest absolute Gasteiger partial charge is 0.452 e. The van der Waals surface area contributed by atoms with Crippen molar-refractivity contribution >= 4 is 23.5 Å². The van der Waals surface area contributed by atoms with E-state index in [1.165, 1.54) is 0 Å². The SMILES string of the molecule is Cc1cc(C)cc(N2CC34C=CC(O3)C(C(=O)OC(C(=O)NC3CCCC3)C(C)C)C4C2=O)c1. The normalized spacial score (nSPS) is 30.8. The molecule has 3 fully saturated rings. The third-order valence-corrected chi connectivity index (χ3v) is 7.70. The van der Waals surface area contributed by atoms with E-state index in [1.807, 2.05) is 52.0 Å². The standard InChI is InChI=1S/C27H34N2O5/c1-15(2)23(24(30)28-18-7-5-6-8-18)33-26(32)21-20-9-10-27(34-20)14-29(25(31)22(21)27)19-12-16(3)11-17(4)13-19/h9-13,15,18,20-23H,5-8,14H2,1-4H3,(H,28,30). The number of esters is 1. The molecule has 5 unspecified atom stereocenters. The fourth-order valence-electron chi connectivity index (χ4n) is 6.14. The number of hydrogen-bond donors (Lipinski definition) is 1. The van der Waals surface area contributed by atoms with Gasteiger partial charge in [-0.2, -0.15) is 0 Å². The monoisotopic (exact) mass is 466 g/mol. The average Bonchev–Trinajstić information content (AvgIpc) is 3.53. The van der Waals surface area contributed by atoms with Crippen LogP contribution in [0.15, 0.2) is 30.4 Å². The molecule has 1 saturated carbocycles. The lowest BCUT2D eigenvalue weighted by Crippen LogP contribution is -2.47. The molecule has 2 amide bonds. The summed E-state index contributed by atoms with van der Waals surface area (Å²) in [6.45, 7) is 8.11. The van der Waals surface area contributed by atoms with E-state index in [-0.39, 0.29) is 23.8 Å². The second-order valence-corrected chi connectivity index (χ2v) is 10.8. The third-order valence-electron chi connectivity index (χ3n) is 7.70. The van der Waals surface area contributed by atoms with Crippen LogP contribution in [0.5, 0.6) is 0 Å². The van der Waals surface area contributed by atoms with Gasteiger partial charge in [0.1, 0.15) is 11.5 Å². The number of ether oxygens (including phenoxy) is 2. The van der Waals surface area contributed by atoms with E-state index < -0.39 is 35.6 Å². The molecule has 34 heavy (non-hydrogen) atoms. The predicted octanol–water partition coefficient (Wildman–Crippen LogP) is 3.22. The Morgan fingerprint density at radius 3 is 2.47 bits per heavy atom. The van der Waals surface area contributed by atoms with Gasteiger partial charge in [0.25, 0.3) is 5.91 Å². The number of benzene rings is 1. The number of anilines is 1. The number of rotatable bonds is 6. The van der Waals surface area contributed by atoms with Crippen molar-refractivity contribution in [1.82, 2.24) is 5.32 Å². The zero-order chi connectivity index (χ0) is 24.2. The van der Waals surface area contributed by atoms with E-state index in [4.69, 9.17) is 9.47 Å². The van der Waals surface area contributed by atoms with E-state index in [2.05, 4.69) is 11.4 Å². The summed E-state index contributed by atoms with van der Waals surface area (Å²) < 4.78 is 12.1. The quantitative estimate of drug-likeness (QED) is 0.514. The minimum absolute atomic E-state index is 0.129. The molecule has 3 aliphatic heterocycles. The number of nitrogens with zero attached hydrogens (tertiary/aromatic N) is 1. The highest BCUT2D eigenvalue weighted by molar-refractivity contribution is 6.03. The van der Waals surface area contributed by atoms with Crippen molar-refractivity contribution < 1.29 is 23.9 Å². The molecule has 2 saturated heterocycles. The van der Waals surface area contributed by atoms with Crippen molar-refractivity contribution in [3.8, 4) is 0 Å². The summed E-state index contributed by atoms with van der Waals surface area (Å²) in [6, 6.07) is 6.17. The first-order chi connectivity index (χ1) is 16.2. The molecular formula is C27H34N2O5. The van der Waals surface area contributed by atoms with Gasteiger partial charge in [-0.3, -0.25) is 14.4 Å². The first-order valence-corrected chi connectivity index (χ1v) is 12.5. The molecule has 5 atom stereocenters. The summed E-state index contributed by atoms with van der Waals surface area (Å²) in [6.07, 6.45) is 6.53. The number of amides is 2. The minimum atomic E-state index is -0.890. The number of carbonyl (C=O) groups is 3. The van der Waals surface area contributed by atoms with Gasteiger partial charge in [-0.1, -0.05) is 44.9 Å². The van der Waals surface area contributed by atoms with Gasteiger partial charge in [0.2, 0.25) is 5.91 Å².